The van der Waals surface area contributed by atoms with Gasteiger partial charge in [0, 0.05) is 17.8 Å². The van der Waals surface area contributed by atoms with Crippen LogP contribution in [-0.4, -0.2) is 48.9 Å². The first-order valence-electron chi connectivity index (χ1n) is 9.34. The molecule has 0 radical (unpaired) electrons. The molecule has 2 N–H and O–H groups in total. The standard InChI is InChI=1S/C21H21F2N3O4/c1-30-16-7-3-14(4-8-16)25-19(27)11-24-20(28)12-26(15-5-6-15)21(29)17-9-2-13(22)10-18(17)23/h2-4,7-10,15H,5-6,11-12H2,1H3,(H,24,28)(H,25,27). The van der Waals surface area contributed by atoms with E-state index in [-0.39, 0.29) is 24.7 Å². The summed E-state index contributed by atoms with van der Waals surface area (Å²) in [5, 5.41) is 5.07. The second-order valence-electron chi connectivity index (χ2n) is 6.84. The van der Waals surface area contributed by atoms with E-state index >= 15 is 0 Å². The maximum Gasteiger partial charge on any atom is 0.257 e. The topological polar surface area (TPSA) is 87.7 Å². The molecule has 1 fully saturated rings. The fourth-order valence-electron chi connectivity index (χ4n) is 2.84. The Balaban J connectivity index is 1.53. The molecule has 2 aromatic carbocycles. The van der Waals surface area contributed by atoms with Gasteiger partial charge in [-0.05, 0) is 49.2 Å². The Hall–Kier alpha value is -3.49. The largest absolute Gasteiger partial charge is 0.497 e. The Morgan fingerprint density at radius 2 is 1.77 bits per heavy atom. The van der Waals surface area contributed by atoms with Crippen molar-refractivity contribution in [2.24, 2.45) is 0 Å². The second kappa shape index (κ2) is 9.34. The monoisotopic (exact) mass is 417 g/mol. The summed E-state index contributed by atoms with van der Waals surface area (Å²) in [6.45, 7) is -0.612. The number of hydrogen-bond donors (Lipinski definition) is 2. The van der Waals surface area contributed by atoms with Crippen LogP contribution >= 0.6 is 0 Å². The number of ether oxygens (including phenoxy) is 1. The first kappa shape index (κ1) is 21.2. The summed E-state index contributed by atoms with van der Waals surface area (Å²) in [5.74, 6) is -2.81. The highest BCUT2D eigenvalue weighted by Gasteiger charge is 2.35. The normalized spacial score (nSPS) is 12.8. The minimum absolute atomic E-state index is 0.180. The lowest BCUT2D eigenvalue weighted by molar-refractivity contribution is -0.124. The first-order chi connectivity index (χ1) is 14.4. The third-order valence-corrected chi connectivity index (χ3v) is 4.54. The van der Waals surface area contributed by atoms with Gasteiger partial charge >= 0.3 is 0 Å². The van der Waals surface area contributed by atoms with Crippen molar-refractivity contribution < 1.29 is 27.9 Å². The molecule has 3 rings (SSSR count). The van der Waals surface area contributed by atoms with Gasteiger partial charge in [0.2, 0.25) is 11.8 Å². The number of rotatable bonds is 8. The number of benzene rings is 2. The van der Waals surface area contributed by atoms with Crippen molar-refractivity contribution in [3.05, 3.63) is 59.7 Å². The van der Waals surface area contributed by atoms with Crippen LogP contribution in [0.25, 0.3) is 0 Å². The van der Waals surface area contributed by atoms with Crippen molar-refractivity contribution >= 4 is 23.4 Å². The van der Waals surface area contributed by atoms with Crippen molar-refractivity contribution in [3.8, 4) is 5.75 Å². The summed E-state index contributed by atoms with van der Waals surface area (Å²) in [4.78, 5) is 38.1. The molecule has 9 heteroatoms. The molecule has 30 heavy (non-hydrogen) atoms. The highest BCUT2D eigenvalue weighted by atomic mass is 19.1. The molecule has 0 aromatic heterocycles. The summed E-state index contributed by atoms with van der Waals surface area (Å²) in [5.41, 5.74) is 0.241. The van der Waals surface area contributed by atoms with Gasteiger partial charge in [-0.15, -0.1) is 0 Å². The van der Waals surface area contributed by atoms with Crippen molar-refractivity contribution in [1.29, 1.82) is 0 Å². The summed E-state index contributed by atoms with van der Waals surface area (Å²) < 4.78 is 32.1. The summed E-state index contributed by atoms with van der Waals surface area (Å²) in [7, 11) is 1.53. The summed E-state index contributed by atoms with van der Waals surface area (Å²) >= 11 is 0. The first-order valence-corrected chi connectivity index (χ1v) is 9.34. The van der Waals surface area contributed by atoms with E-state index in [4.69, 9.17) is 4.74 Å². The third-order valence-electron chi connectivity index (χ3n) is 4.54. The Morgan fingerprint density at radius 1 is 1.07 bits per heavy atom. The fraction of sp³-hybridized carbons (Fsp3) is 0.286. The van der Waals surface area contributed by atoms with E-state index in [1.165, 1.54) is 12.0 Å². The maximum atomic E-state index is 13.9. The van der Waals surface area contributed by atoms with E-state index in [2.05, 4.69) is 10.6 Å². The lowest BCUT2D eigenvalue weighted by atomic mass is 10.1. The summed E-state index contributed by atoms with van der Waals surface area (Å²) in [6.07, 6.45) is 1.39. The van der Waals surface area contributed by atoms with Gasteiger partial charge in [0.1, 0.15) is 23.9 Å². The van der Waals surface area contributed by atoms with Gasteiger partial charge < -0.3 is 20.3 Å². The van der Waals surface area contributed by atoms with Crippen LogP contribution < -0.4 is 15.4 Å². The molecular formula is C21H21F2N3O4. The zero-order valence-corrected chi connectivity index (χ0v) is 16.3. The number of methoxy groups -OCH3 is 1. The number of anilines is 1. The van der Waals surface area contributed by atoms with Crippen molar-refractivity contribution in [3.63, 3.8) is 0 Å². The molecule has 7 nitrogen and oxygen atoms in total. The van der Waals surface area contributed by atoms with E-state index in [0.717, 1.165) is 12.1 Å². The van der Waals surface area contributed by atoms with E-state index < -0.39 is 29.4 Å². The molecule has 0 atom stereocenters. The van der Waals surface area contributed by atoms with Crippen LogP contribution in [0.15, 0.2) is 42.5 Å². The number of nitrogens with zero attached hydrogens (tertiary/aromatic N) is 1. The van der Waals surface area contributed by atoms with Crippen LogP contribution in [-0.2, 0) is 9.59 Å². The number of carbonyl (C=O) groups excluding carboxylic acids is 3. The van der Waals surface area contributed by atoms with E-state index in [9.17, 15) is 23.2 Å². The second-order valence-corrected chi connectivity index (χ2v) is 6.84. The minimum Gasteiger partial charge on any atom is -0.497 e. The predicted octanol–water partition coefficient (Wildman–Crippen LogP) is 2.33. The van der Waals surface area contributed by atoms with Gasteiger partial charge in [0.05, 0.1) is 19.2 Å². The van der Waals surface area contributed by atoms with Crippen LogP contribution in [0.5, 0.6) is 5.75 Å². The van der Waals surface area contributed by atoms with Gasteiger partial charge in [-0.3, -0.25) is 14.4 Å². The van der Waals surface area contributed by atoms with Crippen LogP contribution in [0.3, 0.4) is 0 Å². The van der Waals surface area contributed by atoms with Crippen molar-refractivity contribution in [2.45, 2.75) is 18.9 Å². The lowest BCUT2D eigenvalue weighted by Crippen LogP contribution is -2.44. The van der Waals surface area contributed by atoms with Gasteiger partial charge in [0.15, 0.2) is 0 Å². The highest BCUT2D eigenvalue weighted by Crippen LogP contribution is 2.28. The van der Waals surface area contributed by atoms with Crippen molar-refractivity contribution in [1.82, 2.24) is 10.2 Å². The number of amides is 3. The number of nitrogens with one attached hydrogen (secondary N) is 2. The molecule has 0 heterocycles. The van der Waals surface area contributed by atoms with Crippen LogP contribution in [0.1, 0.15) is 23.2 Å². The molecule has 158 valence electrons. The molecule has 3 amide bonds. The van der Waals surface area contributed by atoms with Crippen molar-refractivity contribution in [2.75, 3.05) is 25.5 Å². The molecule has 1 aliphatic carbocycles. The molecule has 2 aromatic rings. The molecule has 0 unspecified atom stereocenters. The number of hydrogen-bond acceptors (Lipinski definition) is 4. The maximum absolute atomic E-state index is 13.9. The zero-order valence-electron chi connectivity index (χ0n) is 16.3. The fourth-order valence-corrected chi connectivity index (χ4v) is 2.84. The Labute approximate surface area is 172 Å². The quantitative estimate of drug-likeness (QED) is 0.690. The van der Waals surface area contributed by atoms with Crippen LogP contribution in [0, 0.1) is 11.6 Å². The smallest absolute Gasteiger partial charge is 0.257 e. The van der Waals surface area contributed by atoms with E-state index in [1.807, 2.05) is 0 Å². The van der Waals surface area contributed by atoms with Crippen LogP contribution in [0.4, 0.5) is 14.5 Å². The Bertz CT molecular complexity index is 946. The van der Waals surface area contributed by atoms with E-state index in [0.29, 0.717) is 30.3 Å². The number of carbonyl (C=O) groups is 3. The molecule has 1 aliphatic rings. The van der Waals surface area contributed by atoms with Crippen LogP contribution in [0.2, 0.25) is 0 Å². The van der Waals surface area contributed by atoms with E-state index in [1.54, 1.807) is 24.3 Å². The van der Waals surface area contributed by atoms with Gasteiger partial charge in [-0.25, -0.2) is 8.78 Å². The molecular weight excluding hydrogens is 396 g/mol. The average Bonchev–Trinajstić information content (AvgIpc) is 3.56. The van der Waals surface area contributed by atoms with Gasteiger partial charge in [-0.1, -0.05) is 0 Å². The lowest BCUT2D eigenvalue weighted by Gasteiger charge is -2.22. The molecule has 0 spiro atoms. The van der Waals surface area contributed by atoms with Gasteiger partial charge in [0.25, 0.3) is 5.91 Å². The minimum atomic E-state index is -0.982. The third kappa shape index (κ3) is 5.53. The highest BCUT2D eigenvalue weighted by molar-refractivity contribution is 5.98. The zero-order chi connectivity index (χ0) is 21.7. The van der Waals surface area contributed by atoms with Gasteiger partial charge in [-0.2, -0.15) is 0 Å². The molecule has 0 bridgehead atoms. The molecule has 0 saturated heterocycles. The predicted molar refractivity (Wildman–Crippen MR) is 105 cm³/mol. The number of halogens is 2. The SMILES string of the molecule is COc1ccc(NC(=O)CNC(=O)CN(C(=O)c2ccc(F)cc2F)C2CC2)cc1. The summed E-state index contributed by atoms with van der Waals surface area (Å²) in [6, 6.07) is 9.17. The average molecular weight is 417 g/mol. The molecule has 1 saturated carbocycles. The Kier molecular flexibility index (Phi) is 6.61. The Morgan fingerprint density at radius 3 is 2.37 bits per heavy atom. The molecule has 0 aliphatic heterocycles.